The molecular weight excluding hydrogens is 233 g/mol. The number of halogens is 3. The van der Waals surface area contributed by atoms with E-state index in [1.54, 1.807) is 19.1 Å². The smallest absolute Gasteiger partial charge is 0.312 e. The number of benzene rings is 1. The summed E-state index contributed by atoms with van der Waals surface area (Å²) in [4.78, 5) is 11.1. The van der Waals surface area contributed by atoms with Crippen molar-refractivity contribution in [2.45, 2.75) is 13.1 Å². The first-order chi connectivity index (χ1) is 7.86. The van der Waals surface area contributed by atoms with Gasteiger partial charge in [0.05, 0.1) is 0 Å². The molecule has 0 saturated carbocycles. The number of Topliss-reactive ketones (excluding diaryl/α,β-unsaturated/α-hetero) is 1. The SMILES string of the molecule is CN/N=C(/C(=O)C(F)(F)F)c1ccc(C)cc1. The lowest BCUT2D eigenvalue weighted by Gasteiger charge is -2.08. The van der Waals surface area contributed by atoms with E-state index >= 15 is 0 Å². The van der Waals surface area contributed by atoms with E-state index in [9.17, 15) is 18.0 Å². The van der Waals surface area contributed by atoms with Crippen LogP contribution in [-0.4, -0.2) is 24.7 Å². The number of aryl methyl sites for hydroxylation is 1. The molecule has 3 nitrogen and oxygen atoms in total. The Kier molecular flexibility index (Phi) is 3.88. The van der Waals surface area contributed by atoms with Crippen molar-refractivity contribution in [2.75, 3.05) is 7.05 Å². The third-order valence-electron chi connectivity index (χ3n) is 2.02. The zero-order valence-corrected chi connectivity index (χ0v) is 9.30. The zero-order chi connectivity index (χ0) is 13.1. The number of carbonyl (C=O) groups excluding carboxylic acids is 1. The molecule has 0 radical (unpaired) electrons. The van der Waals surface area contributed by atoms with Crippen LogP contribution in [-0.2, 0) is 4.79 Å². The zero-order valence-electron chi connectivity index (χ0n) is 9.30. The minimum Gasteiger partial charge on any atom is -0.312 e. The molecular formula is C11H11F3N2O. The number of nitrogens with zero attached hydrogens (tertiary/aromatic N) is 1. The number of ketones is 1. The normalized spacial score (nSPS) is 12.4. The Balaban J connectivity index is 3.16. The number of carbonyl (C=O) groups is 1. The maximum absolute atomic E-state index is 12.3. The van der Waals surface area contributed by atoms with Gasteiger partial charge < -0.3 is 5.43 Å². The molecule has 0 aliphatic carbocycles. The topological polar surface area (TPSA) is 41.5 Å². The second-order valence-electron chi connectivity index (χ2n) is 3.38. The van der Waals surface area contributed by atoms with Crippen LogP contribution >= 0.6 is 0 Å². The highest BCUT2D eigenvalue weighted by Crippen LogP contribution is 2.19. The molecule has 0 fully saturated rings. The Labute approximate surface area is 96.3 Å². The molecule has 1 aromatic carbocycles. The molecule has 6 heteroatoms. The molecule has 0 spiro atoms. The van der Waals surface area contributed by atoms with Crippen LogP contribution in [0.1, 0.15) is 11.1 Å². The van der Waals surface area contributed by atoms with Gasteiger partial charge in [0.1, 0.15) is 5.71 Å². The Morgan fingerprint density at radius 2 is 1.76 bits per heavy atom. The molecule has 1 aromatic rings. The molecule has 0 heterocycles. The monoisotopic (exact) mass is 244 g/mol. The van der Waals surface area contributed by atoms with Crippen molar-refractivity contribution in [3.05, 3.63) is 35.4 Å². The number of hydrogen-bond donors (Lipinski definition) is 1. The van der Waals surface area contributed by atoms with E-state index in [1.807, 2.05) is 0 Å². The highest BCUT2D eigenvalue weighted by Gasteiger charge is 2.42. The number of hydrogen-bond acceptors (Lipinski definition) is 3. The van der Waals surface area contributed by atoms with Crippen molar-refractivity contribution in [2.24, 2.45) is 5.10 Å². The minimum absolute atomic E-state index is 0.132. The summed E-state index contributed by atoms with van der Waals surface area (Å²) in [5, 5.41) is 3.39. The lowest BCUT2D eigenvalue weighted by Crippen LogP contribution is -2.32. The second kappa shape index (κ2) is 4.99. The fraction of sp³-hybridized carbons (Fsp3) is 0.273. The fourth-order valence-electron chi connectivity index (χ4n) is 1.20. The van der Waals surface area contributed by atoms with Gasteiger partial charge in [0.2, 0.25) is 0 Å². The van der Waals surface area contributed by atoms with Crippen LogP contribution < -0.4 is 5.43 Å². The van der Waals surface area contributed by atoms with Gasteiger partial charge in [-0.15, -0.1) is 0 Å². The molecule has 17 heavy (non-hydrogen) atoms. The molecule has 0 saturated heterocycles. The summed E-state index contributed by atoms with van der Waals surface area (Å²) in [6.45, 7) is 1.80. The lowest BCUT2D eigenvalue weighted by atomic mass is 10.0. The third kappa shape index (κ3) is 3.30. The summed E-state index contributed by atoms with van der Waals surface area (Å²) in [6, 6.07) is 6.08. The maximum Gasteiger partial charge on any atom is 0.456 e. The minimum atomic E-state index is -4.93. The Morgan fingerprint density at radius 3 is 2.18 bits per heavy atom. The van der Waals surface area contributed by atoms with Crippen molar-refractivity contribution in [3.63, 3.8) is 0 Å². The summed E-state index contributed by atoms with van der Waals surface area (Å²) in [7, 11) is 1.33. The first-order valence-electron chi connectivity index (χ1n) is 4.79. The molecule has 92 valence electrons. The van der Waals surface area contributed by atoms with E-state index in [2.05, 4.69) is 10.5 Å². The highest BCUT2D eigenvalue weighted by molar-refractivity contribution is 6.47. The number of hydrazone groups is 1. The summed E-state index contributed by atoms with van der Waals surface area (Å²) in [6.07, 6.45) is -4.93. The second-order valence-corrected chi connectivity index (χ2v) is 3.38. The standard InChI is InChI=1S/C11H11F3N2O/c1-7-3-5-8(6-4-7)9(16-15-2)10(17)11(12,13)14/h3-6,15H,1-2H3/b16-9+. The molecule has 0 aliphatic heterocycles. The van der Waals surface area contributed by atoms with Crippen molar-refractivity contribution < 1.29 is 18.0 Å². The maximum atomic E-state index is 12.3. The summed E-state index contributed by atoms with van der Waals surface area (Å²) >= 11 is 0. The van der Waals surface area contributed by atoms with E-state index in [4.69, 9.17) is 0 Å². The average Bonchev–Trinajstić information content (AvgIpc) is 2.25. The molecule has 1 rings (SSSR count). The van der Waals surface area contributed by atoms with Gasteiger partial charge in [-0.1, -0.05) is 29.8 Å². The Bertz CT molecular complexity index is 435. The summed E-state index contributed by atoms with van der Waals surface area (Å²) < 4.78 is 37.0. The fourth-order valence-corrected chi connectivity index (χ4v) is 1.20. The van der Waals surface area contributed by atoms with Gasteiger partial charge in [0, 0.05) is 12.6 Å². The summed E-state index contributed by atoms with van der Waals surface area (Å²) in [5.41, 5.74) is 2.58. The summed E-state index contributed by atoms with van der Waals surface area (Å²) in [5.74, 6) is -1.96. The third-order valence-corrected chi connectivity index (χ3v) is 2.02. The molecule has 0 unspecified atom stereocenters. The highest BCUT2D eigenvalue weighted by atomic mass is 19.4. The number of rotatable bonds is 3. The van der Waals surface area contributed by atoms with Crippen molar-refractivity contribution in [1.29, 1.82) is 0 Å². The number of alkyl halides is 3. The van der Waals surface area contributed by atoms with Crippen molar-refractivity contribution in [1.82, 2.24) is 5.43 Å². The van der Waals surface area contributed by atoms with Gasteiger partial charge in [-0.05, 0) is 6.92 Å². The van der Waals surface area contributed by atoms with E-state index in [-0.39, 0.29) is 5.56 Å². The van der Waals surface area contributed by atoms with E-state index in [0.29, 0.717) is 0 Å². The van der Waals surface area contributed by atoms with E-state index in [0.717, 1.165) is 5.56 Å². The van der Waals surface area contributed by atoms with E-state index in [1.165, 1.54) is 19.2 Å². The predicted octanol–water partition coefficient (Wildman–Crippen LogP) is 2.05. The quantitative estimate of drug-likeness (QED) is 0.653. The molecule has 0 aliphatic rings. The van der Waals surface area contributed by atoms with Gasteiger partial charge in [0.25, 0.3) is 5.78 Å². The Morgan fingerprint density at radius 1 is 1.24 bits per heavy atom. The molecule has 1 N–H and O–H groups in total. The molecule has 0 bridgehead atoms. The first kappa shape index (κ1) is 13.2. The lowest BCUT2D eigenvalue weighted by molar-refractivity contribution is -0.163. The van der Waals surface area contributed by atoms with Crippen LogP contribution in [0.2, 0.25) is 0 Å². The van der Waals surface area contributed by atoms with Crippen LogP contribution in [0.5, 0.6) is 0 Å². The van der Waals surface area contributed by atoms with Crippen LogP contribution in [0, 0.1) is 6.92 Å². The van der Waals surface area contributed by atoms with Gasteiger partial charge >= 0.3 is 6.18 Å². The average molecular weight is 244 g/mol. The van der Waals surface area contributed by atoms with Crippen LogP contribution in [0.4, 0.5) is 13.2 Å². The van der Waals surface area contributed by atoms with Gasteiger partial charge in [-0.2, -0.15) is 18.3 Å². The van der Waals surface area contributed by atoms with Crippen LogP contribution in [0.3, 0.4) is 0 Å². The van der Waals surface area contributed by atoms with Crippen LogP contribution in [0.25, 0.3) is 0 Å². The Hall–Kier alpha value is -1.85. The van der Waals surface area contributed by atoms with Crippen molar-refractivity contribution >= 4 is 11.5 Å². The number of nitrogens with one attached hydrogen (secondary N) is 1. The largest absolute Gasteiger partial charge is 0.456 e. The van der Waals surface area contributed by atoms with E-state index < -0.39 is 17.7 Å². The predicted molar refractivity (Wildman–Crippen MR) is 57.8 cm³/mol. The van der Waals surface area contributed by atoms with Gasteiger partial charge in [-0.25, -0.2) is 0 Å². The van der Waals surface area contributed by atoms with Crippen molar-refractivity contribution in [3.8, 4) is 0 Å². The van der Waals surface area contributed by atoms with Crippen LogP contribution in [0.15, 0.2) is 29.4 Å². The first-order valence-corrected chi connectivity index (χ1v) is 4.79. The van der Waals surface area contributed by atoms with Gasteiger partial charge in [0.15, 0.2) is 0 Å². The molecule has 0 amide bonds. The van der Waals surface area contributed by atoms with Gasteiger partial charge in [-0.3, -0.25) is 4.79 Å². The molecule has 0 aromatic heterocycles. The molecule has 0 atom stereocenters.